The zero-order chi connectivity index (χ0) is 24.5. The minimum Gasteiger partial charge on any atom is -1.00 e. The number of phosphoric ester groups is 1. The second-order valence-electron chi connectivity index (χ2n) is 5.50. The van der Waals surface area contributed by atoms with E-state index in [0.29, 0.717) is 0 Å². The van der Waals surface area contributed by atoms with Crippen LogP contribution < -0.4 is 0 Å². The molecule has 0 saturated heterocycles. The van der Waals surface area contributed by atoms with Crippen LogP contribution in [0.1, 0.15) is 39.9 Å². The quantitative estimate of drug-likeness (QED) is 0.0728. The summed E-state index contributed by atoms with van der Waals surface area (Å²) in [5.41, 5.74) is -5.76. The molecule has 0 atom stereocenters. The van der Waals surface area contributed by atoms with E-state index in [-0.39, 0.29) is 203 Å². The second kappa shape index (κ2) is 24.9. The average molecular weight is 675 g/mol. The summed E-state index contributed by atoms with van der Waals surface area (Å²) in [6.07, 6.45) is -5.09. The van der Waals surface area contributed by atoms with Gasteiger partial charge < -0.3 is 59.8 Å². The van der Waals surface area contributed by atoms with E-state index >= 15 is 0 Å². The van der Waals surface area contributed by atoms with Gasteiger partial charge in [-0.15, -0.1) is 0 Å². The largest absolute Gasteiger partial charge is 2.00 e. The Hall–Kier alpha value is 3.19. The van der Waals surface area contributed by atoms with Crippen LogP contribution >= 0.6 is 7.82 Å². The third-order valence-electron chi connectivity index (χ3n) is 2.84. The number of aliphatic carboxylic acids is 6. The Balaban J connectivity index is -0.0000000177. The fraction of sp³-hybridized carbons (Fsp3) is 0.500. The van der Waals surface area contributed by atoms with Gasteiger partial charge in [0.25, 0.3) is 0 Å². The maximum atomic E-state index is 10.8. The molecule has 0 aromatic heterocycles. The number of rotatable bonds is 12. The van der Waals surface area contributed by atoms with Gasteiger partial charge in [-0.05, 0) is 0 Å². The third-order valence-corrected chi connectivity index (χ3v) is 3.43. The molecule has 0 amide bonds. The van der Waals surface area contributed by atoms with Crippen LogP contribution in [-0.4, -0.2) is 281 Å². The Bertz CT molecular complexity index is 771. The smallest absolute Gasteiger partial charge is 1.00 e. The number of carbonyl (C=O) groups is 6. The Morgan fingerprint density at radius 1 is 0.600 bits per heavy atom. The summed E-state index contributed by atoms with van der Waals surface area (Å²) >= 11 is 0. The molecule has 17 nitrogen and oxygen atoms in total. The fourth-order valence-electron chi connectivity index (χ4n) is 1.75. The number of hydrogen-bond donors (Lipinski definition) is 9. The van der Waals surface area contributed by atoms with E-state index in [4.69, 9.17) is 45.5 Å². The molecule has 0 bridgehead atoms. The van der Waals surface area contributed by atoms with Gasteiger partial charge in [0, 0.05) is 0 Å². The Labute approximate surface area is 360 Å². The van der Waals surface area contributed by atoms with Crippen LogP contribution in [0.15, 0.2) is 0 Å². The number of aliphatic hydroxyl groups is 1. The minimum atomic E-state index is -5.36. The van der Waals surface area contributed by atoms with Gasteiger partial charge in [0.1, 0.15) is 0 Å². The summed E-state index contributed by atoms with van der Waals surface area (Å²) in [5.74, 6) is -10.7. The summed E-state index contributed by atoms with van der Waals surface area (Å²) in [6, 6.07) is 0. The molecular weight excluding hydrogens is 647 g/mol. The maximum Gasteiger partial charge on any atom is 2.00 e. The topological polar surface area (TPSA) is 311 Å². The van der Waals surface area contributed by atoms with Crippen LogP contribution in [0.4, 0.5) is 0 Å². The van der Waals surface area contributed by atoms with Gasteiger partial charge >= 0.3 is 232 Å². The molecule has 0 aliphatic heterocycles. The van der Waals surface area contributed by atoms with Crippen molar-refractivity contribution in [3.05, 3.63) is 0 Å². The van der Waals surface area contributed by atoms with E-state index in [9.17, 15) is 33.3 Å². The van der Waals surface area contributed by atoms with Gasteiger partial charge in [0.2, 0.25) is 0 Å². The van der Waals surface area contributed by atoms with Gasteiger partial charge in [-0.1, -0.05) is 0 Å². The number of phosphoric acid groups is 1. The fourth-order valence-corrected chi connectivity index (χ4v) is 2.41. The molecule has 35 heavy (non-hydrogen) atoms. The van der Waals surface area contributed by atoms with Crippen LogP contribution in [0.3, 0.4) is 0 Å². The molecule has 192 valence electrons. The summed E-state index contributed by atoms with van der Waals surface area (Å²) in [4.78, 5) is 79.0. The average Bonchev–Trinajstić information content (AvgIpc) is 2.41. The van der Waals surface area contributed by atoms with Crippen molar-refractivity contribution < 1.29 is 97.7 Å². The first-order valence-corrected chi connectivity index (χ1v) is 8.62. The number of hydrogen-bond acceptors (Lipinski definition) is 9. The van der Waals surface area contributed by atoms with Crippen LogP contribution in [0.2, 0.25) is 0 Å². The van der Waals surface area contributed by atoms with Crippen molar-refractivity contribution >= 4 is 232 Å². The molecule has 0 radical (unpaired) electrons. The maximum absolute atomic E-state index is 10.8. The molecule has 23 heteroatoms. The van der Waals surface area contributed by atoms with E-state index in [0.717, 1.165) is 0 Å². The molecule has 0 unspecified atom stereocenters. The van der Waals surface area contributed by atoms with Crippen molar-refractivity contribution in [2.75, 3.05) is 0 Å². The van der Waals surface area contributed by atoms with Crippen LogP contribution in [-0.2, 0) is 37.9 Å². The number of carboxylic acids is 6. The van der Waals surface area contributed by atoms with Crippen molar-refractivity contribution in [2.24, 2.45) is 0 Å². The van der Waals surface area contributed by atoms with E-state index in [1.165, 1.54) is 0 Å². The molecule has 0 rings (SSSR count). The normalized spacial score (nSPS) is 9.91. The molecule has 0 aromatic rings. The Kier molecular flexibility index (Phi) is 38.7. The van der Waals surface area contributed by atoms with Crippen LogP contribution in [0, 0.1) is 0 Å². The first-order valence-electron chi connectivity index (χ1n) is 7.09. The predicted molar refractivity (Wildman–Crippen MR) is 125 cm³/mol. The first kappa shape index (κ1) is 54.3. The van der Waals surface area contributed by atoms with E-state index in [1.807, 2.05) is 0 Å². The zero-order valence-electron chi connectivity index (χ0n) is 28.1. The third kappa shape index (κ3) is 27.1. The van der Waals surface area contributed by atoms with Crippen molar-refractivity contribution in [2.45, 2.75) is 36.9 Å². The molecular formula is C12H27Ca5O17P. The molecule has 0 heterocycles. The van der Waals surface area contributed by atoms with E-state index < -0.39 is 80.5 Å². The standard InChI is InChI=1S/C6H9O10P.C6H8O7.5Ca.10H/c7-3(8)1-6(5(11)12,2-4(9)10)16-17(13,14)15;7-3(8)1-6(13,5(11)12)2-4(9)10;;;;;;;;;;;;;;;/h1-2H2,(H,7,8)(H,9,10)(H,11,12)(H2,13,14,15);13H,1-2H2,(H,7,8)(H,9,10)(H,11,12);;;;;;;;;;;;;;;/q;;5*+2;10*-1. The molecule has 9 N–H and O–H groups in total. The summed E-state index contributed by atoms with van der Waals surface area (Å²) < 4.78 is 14.4. The van der Waals surface area contributed by atoms with Crippen molar-refractivity contribution in [3.8, 4) is 0 Å². The molecule has 0 aliphatic rings. The number of carboxylic acid groups (broad SMARTS) is 6. The second-order valence-corrected chi connectivity index (χ2v) is 6.66. The zero-order valence-corrected chi connectivity index (χ0v) is 30.0. The van der Waals surface area contributed by atoms with E-state index in [2.05, 4.69) is 4.52 Å². The van der Waals surface area contributed by atoms with Gasteiger partial charge in [-0.3, -0.25) is 23.7 Å². The van der Waals surface area contributed by atoms with Gasteiger partial charge in [-0.25, -0.2) is 14.2 Å². The monoisotopic (exact) mass is 674 g/mol. The van der Waals surface area contributed by atoms with Gasteiger partial charge in [-0.2, -0.15) is 0 Å². The molecule has 0 spiro atoms. The van der Waals surface area contributed by atoms with E-state index in [1.54, 1.807) is 0 Å². The molecule has 0 aliphatic carbocycles. The Morgan fingerprint density at radius 2 is 0.857 bits per heavy atom. The van der Waals surface area contributed by atoms with Crippen LogP contribution in [0.5, 0.6) is 0 Å². The van der Waals surface area contributed by atoms with Gasteiger partial charge in [0.05, 0.1) is 25.7 Å². The van der Waals surface area contributed by atoms with Crippen molar-refractivity contribution in [3.63, 3.8) is 0 Å². The SMILES string of the molecule is O=C(O)CC(CC(=O)O)(OP(=O)(O)O)C(=O)O.O=C(O)CC(O)(CC(=O)O)C(=O)O.[Ca+2].[Ca+2].[Ca+2].[Ca+2].[Ca+2].[H-].[H-].[H-].[H-].[H-].[H-].[H-].[H-].[H-].[H-]. The first-order chi connectivity index (χ1) is 13.3. The minimum absolute atomic E-state index is 0. The Morgan fingerprint density at radius 3 is 1.00 bits per heavy atom. The summed E-state index contributed by atoms with van der Waals surface area (Å²) in [7, 11) is -5.36. The summed E-state index contributed by atoms with van der Waals surface area (Å²) in [5, 5.41) is 59.3. The molecule has 0 fully saturated rings. The van der Waals surface area contributed by atoms with Crippen molar-refractivity contribution in [1.82, 2.24) is 0 Å². The van der Waals surface area contributed by atoms with Crippen molar-refractivity contribution in [1.29, 1.82) is 0 Å². The van der Waals surface area contributed by atoms with Crippen LogP contribution in [0.25, 0.3) is 0 Å². The molecule has 0 aromatic carbocycles. The summed E-state index contributed by atoms with van der Waals surface area (Å²) in [6.45, 7) is 0. The predicted octanol–water partition coefficient (Wildman–Crippen LogP) is -3.16. The molecule has 0 saturated carbocycles. The van der Waals surface area contributed by atoms with Gasteiger partial charge in [0.15, 0.2) is 11.2 Å².